The number of ether oxygens (including phenoxy) is 1. The quantitative estimate of drug-likeness (QED) is 0.802. The lowest BCUT2D eigenvalue weighted by Gasteiger charge is -2.42. The molecule has 0 amide bonds. The Labute approximate surface area is 160 Å². The average Bonchev–Trinajstić information content (AvgIpc) is 3.12. The van der Waals surface area contributed by atoms with E-state index in [0.717, 1.165) is 36.1 Å². The number of hydrogen-bond acceptors (Lipinski definition) is 6. The summed E-state index contributed by atoms with van der Waals surface area (Å²) in [6, 6.07) is 2.29. The van der Waals surface area contributed by atoms with Crippen molar-refractivity contribution in [2.24, 2.45) is 5.92 Å². The maximum absolute atomic E-state index is 12.8. The number of anilines is 1. The summed E-state index contributed by atoms with van der Waals surface area (Å²) in [5.74, 6) is 1.33. The Hall–Kier alpha value is -1.71. The maximum Gasteiger partial charge on any atom is 0.214 e. The van der Waals surface area contributed by atoms with E-state index in [1.54, 1.807) is 10.6 Å². The average molecular weight is 394 g/mol. The predicted molar refractivity (Wildman–Crippen MR) is 104 cm³/mol. The van der Waals surface area contributed by atoms with Gasteiger partial charge in [0.2, 0.25) is 10.0 Å². The van der Waals surface area contributed by atoms with Crippen molar-refractivity contribution >= 4 is 26.9 Å². The summed E-state index contributed by atoms with van der Waals surface area (Å²) in [6.07, 6.45) is 6.03. The van der Waals surface area contributed by atoms with Crippen LogP contribution < -0.4 is 4.90 Å². The minimum atomic E-state index is -3.22. The second kappa shape index (κ2) is 7.37. The molecule has 1 N–H and O–H groups in total. The Kier molecular flexibility index (Phi) is 5.09. The lowest BCUT2D eigenvalue weighted by atomic mass is 9.81. The molecule has 2 aliphatic rings. The van der Waals surface area contributed by atoms with Crippen LogP contribution >= 0.6 is 0 Å². The molecule has 1 saturated carbocycles. The molecule has 2 fully saturated rings. The Balaban J connectivity index is 1.36. The van der Waals surface area contributed by atoms with E-state index in [-0.39, 0.29) is 17.8 Å². The second-order valence-corrected chi connectivity index (χ2v) is 9.59. The third-order valence-electron chi connectivity index (χ3n) is 5.82. The van der Waals surface area contributed by atoms with Gasteiger partial charge in [0.25, 0.3) is 0 Å². The van der Waals surface area contributed by atoms with E-state index in [2.05, 4.69) is 19.9 Å². The van der Waals surface area contributed by atoms with Gasteiger partial charge in [-0.1, -0.05) is 6.92 Å². The molecule has 4 rings (SSSR count). The van der Waals surface area contributed by atoms with Crippen LogP contribution in [0.1, 0.15) is 26.2 Å². The number of rotatable bonds is 6. The molecule has 1 saturated heterocycles. The van der Waals surface area contributed by atoms with Crippen LogP contribution in [0, 0.1) is 5.92 Å². The van der Waals surface area contributed by atoms with Gasteiger partial charge >= 0.3 is 0 Å². The zero-order valence-electron chi connectivity index (χ0n) is 15.8. The lowest BCUT2D eigenvalue weighted by molar-refractivity contribution is -0.00297. The number of nitrogens with one attached hydrogen (secondary N) is 1. The zero-order chi connectivity index (χ0) is 19.0. The van der Waals surface area contributed by atoms with E-state index in [4.69, 9.17) is 4.74 Å². The van der Waals surface area contributed by atoms with Gasteiger partial charge in [-0.05, 0) is 31.2 Å². The summed E-state index contributed by atoms with van der Waals surface area (Å²) >= 11 is 0. The Bertz CT molecular complexity index is 893. The fourth-order valence-electron chi connectivity index (χ4n) is 4.06. The number of aromatic nitrogens is 3. The van der Waals surface area contributed by atoms with Gasteiger partial charge in [0, 0.05) is 32.4 Å². The van der Waals surface area contributed by atoms with Crippen molar-refractivity contribution in [1.82, 2.24) is 19.3 Å². The second-order valence-electron chi connectivity index (χ2n) is 7.58. The number of nitrogens with zero attached hydrogens (tertiary/aromatic N) is 4. The van der Waals surface area contributed by atoms with E-state index in [1.807, 2.05) is 26.2 Å². The number of hydrogen-bond donors (Lipinski definition) is 1. The third-order valence-corrected chi connectivity index (χ3v) is 7.83. The highest BCUT2D eigenvalue weighted by Crippen LogP contribution is 2.36. The molecular formula is C18H27N5O3S. The molecule has 0 spiro atoms. The zero-order valence-corrected chi connectivity index (χ0v) is 16.7. The van der Waals surface area contributed by atoms with Crippen molar-refractivity contribution < 1.29 is 13.2 Å². The van der Waals surface area contributed by atoms with Crippen LogP contribution in [-0.2, 0) is 14.8 Å². The molecular weight excluding hydrogens is 366 g/mol. The molecule has 0 radical (unpaired) electrons. The summed E-state index contributed by atoms with van der Waals surface area (Å²) in [4.78, 5) is 13.9. The minimum absolute atomic E-state index is 0.0234. The van der Waals surface area contributed by atoms with E-state index >= 15 is 0 Å². The van der Waals surface area contributed by atoms with Crippen LogP contribution in [0.4, 0.5) is 5.82 Å². The number of fused-ring (bicyclic) bond motifs is 1. The van der Waals surface area contributed by atoms with Gasteiger partial charge in [-0.15, -0.1) is 0 Å². The molecule has 148 valence electrons. The Morgan fingerprint density at radius 3 is 2.96 bits per heavy atom. The number of sulfonamides is 1. The summed E-state index contributed by atoms with van der Waals surface area (Å²) in [5, 5.41) is 0.995. The first-order chi connectivity index (χ1) is 13.0. The fourth-order valence-corrected chi connectivity index (χ4v) is 5.89. The van der Waals surface area contributed by atoms with Gasteiger partial charge in [-0.25, -0.2) is 18.4 Å². The molecule has 27 heavy (non-hydrogen) atoms. The minimum Gasteiger partial charge on any atom is -0.375 e. The van der Waals surface area contributed by atoms with E-state index in [9.17, 15) is 8.42 Å². The summed E-state index contributed by atoms with van der Waals surface area (Å²) in [7, 11) is -1.20. The van der Waals surface area contributed by atoms with E-state index in [0.29, 0.717) is 25.7 Å². The molecule has 1 atom stereocenters. The Morgan fingerprint density at radius 2 is 2.19 bits per heavy atom. The summed E-state index contributed by atoms with van der Waals surface area (Å²) < 4.78 is 32.8. The standard InChI is InChI=1S/C18H27N5O3S/c1-3-15-10-23(6-7-26-15)27(24,25)11-13-8-14(9-13)22(2)18-16-4-5-19-17(16)20-12-21-18/h4-5,12-15H,3,6-11H2,1-2H3,(H,19,20,21)/t13-,14+,15?. The van der Waals surface area contributed by atoms with Gasteiger partial charge in [0.15, 0.2) is 0 Å². The number of H-pyrrole nitrogens is 1. The predicted octanol–water partition coefficient (Wildman–Crippen LogP) is 1.61. The Morgan fingerprint density at radius 1 is 1.37 bits per heavy atom. The number of aromatic amines is 1. The van der Waals surface area contributed by atoms with Crippen molar-refractivity contribution in [3.63, 3.8) is 0 Å². The van der Waals surface area contributed by atoms with Crippen molar-refractivity contribution in [2.45, 2.75) is 38.3 Å². The van der Waals surface area contributed by atoms with Gasteiger partial charge in [0.05, 0.1) is 23.8 Å². The van der Waals surface area contributed by atoms with Crippen molar-refractivity contribution in [3.8, 4) is 0 Å². The van der Waals surface area contributed by atoms with E-state index in [1.165, 1.54) is 0 Å². The summed E-state index contributed by atoms with van der Waals surface area (Å²) in [5.41, 5.74) is 0.822. The molecule has 0 aromatic carbocycles. The highest BCUT2D eigenvalue weighted by atomic mass is 32.2. The van der Waals surface area contributed by atoms with Gasteiger partial charge in [-0.2, -0.15) is 4.31 Å². The SMILES string of the molecule is CCC1CN(S(=O)(=O)C[C@H]2C[C@@H](N(C)c3ncnc4[nH]ccc34)C2)CCO1. The smallest absolute Gasteiger partial charge is 0.214 e. The van der Waals surface area contributed by atoms with Crippen LogP contribution in [0.25, 0.3) is 11.0 Å². The molecule has 3 heterocycles. The molecule has 2 aromatic rings. The first-order valence-corrected chi connectivity index (χ1v) is 11.2. The largest absolute Gasteiger partial charge is 0.375 e. The molecule has 0 bridgehead atoms. The molecule has 1 aliphatic carbocycles. The van der Waals surface area contributed by atoms with Gasteiger partial charge in [0.1, 0.15) is 17.8 Å². The first-order valence-electron chi connectivity index (χ1n) is 9.58. The topological polar surface area (TPSA) is 91.4 Å². The summed E-state index contributed by atoms with van der Waals surface area (Å²) in [6.45, 7) is 3.48. The normalized spacial score (nSPS) is 26.8. The van der Waals surface area contributed by atoms with Crippen LogP contribution in [-0.4, -0.2) is 72.3 Å². The highest BCUT2D eigenvalue weighted by molar-refractivity contribution is 7.89. The first kappa shape index (κ1) is 18.6. The third kappa shape index (κ3) is 3.68. The molecule has 1 unspecified atom stereocenters. The van der Waals surface area contributed by atoms with Crippen LogP contribution in [0.5, 0.6) is 0 Å². The molecule has 9 heteroatoms. The van der Waals surface area contributed by atoms with E-state index < -0.39 is 10.0 Å². The van der Waals surface area contributed by atoms with Crippen molar-refractivity contribution in [1.29, 1.82) is 0 Å². The molecule has 1 aliphatic heterocycles. The molecule has 2 aromatic heterocycles. The van der Waals surface area contributed by atoms with Crippen LogP contribution in [0.2, 0.25) is 0 Å². The van der Waals surface area contributed by atoms with Crippen molar-refractivity contribution in [3.05, 3.63) is 18.6 Å². The molecule has 8 nitrogen and oxygen atoms in total. The van der Waals surface area contributed by atoms with Crippen LogP contribution in [0.15, 0.2) is 18.6 Å². The van der Waals surface area contributed by atoms with Crippen LogP contribution in [0.3, 0.4) is 0 Å². The highest BCUT2D eigenvalue weighted by Gasteiger charge is 2.38. The number of morpholine rings is 1. The van der Waals surface area contributed by atoms with Crippen molar-refractivity contribution in [2.75, 3.05) is 37.4 Å². The maximum atomic E-state index is 12.8. The fraction of sp³-hybridized carbons (Fsp3) is 0.667. The lowest BCUT2D eigenvalue weighted by Crippen LogP contribution is -2.50. The van der Waals surface area contributed by atoms with Gasteiger partial charge < -0.3 is 14.6 Å². The monoisotopic (exact) mass is 393 g/mol. The van der Waals surface area contributed by atoms with Gasteiger partial charge in [-0.3, -0.25) is 0 Å².